The fraction of sp³-hybridized carbons (Fsp3) is 0.275. The Morgan fingerprint density at radius 1 is 0.824 bits per heavy atom. The quantitative estimate of drug-likeness (QED) is 0.122. The van der Waals surface area contributed by atoms with E-state index in [2.05, 4.69) is 26.0 Å². The van der Waals surface area contributed by atoms with E-state index in [9.17, 15) is 19.5 Å². The summed E-state index contributed by atoms with van der Waals surface area (Å²) >= 11 is 0. The van der Waals surface area contributed by atoms with Crippen molar-refractivity contribution in [1.82, 2.24) is 31.0 Å². The van der Waals surface area contributed by atoms with Crippen molar-refractivity contribution in [3.63, 3.8) is 0 Å². The van der Waals surface area contributed by atoms with Gasteiger partial charge in [-0.3, -0.25) is 20.0 Å². The molecule has 11 nitrogen and oxygen atoms in total. The van der Waals surface area contributed by atoms with E-state index in [0.717, 1.165) is 27.8 Å². The van der Waals surface area contributed by atoms with Crippen molar-refractivity contribution in [2.75, 3.05) is 13.7 Å². The Labute approximate surface area is 298 Å². The van der Waals surface area contributed by atoms with E-state index in [1.54, 1.807) is 17.3 Å². The number of para-hydroxylation sites is 1. The van der Waals surface area contributed by atoms with Gasteiger partial charge in [-0.15, -0.1) is 0 Å². The van der Waals surface area contributed by atoms with Crippen molar-refractivity contribution < 1.29 is 24.2 Å². The predicted octanol–water partition coefficient (Wildman–Crippen LogP) is 5.30. The van der Waals surface area contributed by atoms with Crippen LogP contribution in [0.5, 0.6) is 0 Å². The predicted molar refractivity (Wildman–Crippen MR) is 196 cm³/mol. The number of alkyl carbamates (subject to hydrolysis) is 1. The number of amides is 3. The topological polar surface area (TPSA) is 146 Å². The van der Waals surface area contributed by atoms with Crippen LogP contribution in [-0.2, 0) is 22.5 Å². The Bertz CT molecular complexity index is 1920. The molecule has 2 heterocycles. The van der Waals surface area contributed by atoms with Gasteiger partial charge in [-0.25, -0.2) is 14.8 Å². The van der Waals surface area contributed by atoms with Crippen LogP contribution in [0.25, 0.3) is 22.2 Å². The third-order valence-corrected chi connectivity index (χ3v) is 8.45. The Hall–Kier alpha value is -5.65. The van der Waals surface area contributed by atoms with Crippen molar-refractivity contribution in [1.29, 1.82) is 0 Å². The Morgan fingerprint density at radius 3 is 2.22 bits per heavy atom. The van der Waals surface area contributed by atoms with E-state index in [-0.39, 0.29) is 18.8 Å². The standard InChI is InChI=1S/C40H44N6O5/c1-40(2,3)36(44-39(50)51-4)38(49)45-46(25-28-17-19-30(20-18-28)31-15-10-11-23-41-31)26-35(47)34(24-27-12-6-5-7-13-27)43-37(48)33-22-21-29-14-8-9-16-32(29)42-33/h5-23,34-36,47H,24-26H2,1-4H3,(H,43,48)(H,44,50)(H,45,49). The van der Waals surface area contributed by atoms with E-state index in [0.29, 0.717) is 11.9 Å². The molecule has 0 spiro atoms. The maximum absolute atomic E-state index is 13.8. The van der Waals surface area contributed by atoms with Gasteiger partial charge >= 0.3 is 6.09 Å². The monoisotopic (exact) mass is 688 g/mol. The largest absolute Gasteiger partial charge is 0.453 e. The van der Waals surface area contributed by atoms with Gasteiger partial charge in [-0.05, 0) is 47.2 Å². The van der Waals surface area contributed by atoms with Gasteiger partial charge in [0.05, 0.1) is 30.5 Å². The third-order valence-electron chi connectivity index (χ3n) is 8.45. The second-order valence-electron chi connectivity index (χ2n) is 13.4. The fourth-order valence-electron chi connectivity index (χ4n) is 5.70. The molecule has 264 valence electrons. The van der Waals surface area contributed by atoms with Crippen molar-refractivity contribution in [2.45, 2.75) is 51.9 Å². The molecule has 11 heteroatoms. The van der Waals surface area contributed by atoms with Crippen LogP contribution in [0.1, 0.15) is 42.4 Å². The first kappa shape index (κ1) is 36.6. The molecule has 0 aliphatic rings. The Morgan fingerprint density at radius 2 is 1.53 bits per heavy atom. The first-order chi connectivity index (χ1) is 24.5. The number of pyridine rings is 2. The highest BCUT2D eigenvalue weighted by molar-refractivity contribution is 5.95. The summed E-state index contributed by atoms with van der Waals surface area (Å²) < 4.78 is 4.79. The number of aromatic nitrogens is 2. The van der Waals surface area contributed by atoms with Gasteiger partial charge in [0, 0.05) is 30.2 Å². The van der Waals surface area contributed by atoms with Crippen molar-refractivity contribution in [3.8, 4) is 11.3 Å². The number of carbonyl (C=O) groups is 3. The van der Waals surface area contributed by atoms with Crippen molar-refractivity contribution in [2.24, 2.45) is 5.41 Å². The highest BCUT2D eigenvalue weighted by Crippen LogP contribution is 2.21. The lowest BCUT2D eigenvalue weighted by Crippen LogP contribution is -2.59. The number of nitrogens with zero attached hydrogens (tertiary/aromatic N) is 3. The number of rotatable bonds is 13. The number of nitrogens with one attached hydrogen (secondary N) is 3. The molecule has 3 amide bonds. The van der Waals surface area contributed by atoms with Gasteiger partial charge in [-0.1, -0.05) is 106 Å². The van der Waals surface area contributed by atoms with Crippen LogP contribution < -0.4 is 16.1 Å². The highest BCUT2D eigenvalue weighted by atomic mass is 16.5. The van der Waals surface area contributed by atoms with Gasteiger partial charge in [0.15, 0.2) is 0 Å². The SMILES string of the molecule is COC(=O)NC(C(=O)NN(Cc1ccc(-c2ccccn2)cc1)CC(O)C(Cc1ccccc1)NC(=O)c1ccc2ccccc2n1)C(C)(C)C. The number of hydrogen-bond donors (Lipinski definition) is 4. The molecule has 3 unspecified atom stereocenters. The molecule has 0 aliphatic heterocycles. The Balaban J connectivity index is 1.41. The van der Waals surface area contributed by atoms with Crippen LogP contribution in [0.15, 0.2) is 115 Å². The fourth-order valence-corrected chi connectivity index (χ4v) is 5.70. The zero-order valence-electron chi connectivity index (χ0n) is 29.2. The molecule has 0 radical (unpaired) electrons. The van der Waals surface area contributed by atoms with Crippen LogP contribution in [0, 0.1) is 5.41 Å². The summed E-state index contributed by atoms with van der Waals surface area (Å²) in [7, 11) is 1.23. The van der Waals surface area contributed by atoms with E-state index >= 15 is 0 Å². The molecule has 4 N–H and O–H groups in total. The normalized spacial score (nSPS) is 13.2. The highest BCUT2D eigenvalue weighted by Gasteiger charge is 2.35. The lowest BCUT2D eigenvalue weighted by atomic mass is 9.86. The van der Waals surface area contributed by atoms with Crippen molar-refractivity contribution in [3.05, 3.63) is 132 Å². The van der Waals surface area contributed by atoms with Crippen LogP contribution >= 0.6 is 0 Å². The number of aliphatic hydroxyl groups is 1. The molecule has 2 aromatic heterocycles. The van der Waals surface area contributed by atoms with E-state index in [4.69, 9.17) is 4.74 Å². The number of carbonyl (C=O) groups excluding carboxylic acids is 3. The summed E-state index contributed by atoms with van der Waals surface area (Å²) in [6.07, 6.45) is 0.159. The average Bonchev–Trinajstić information content (AvgIpc) is 3.13. The van der Waals surface area contributed by atoms with Gasteiger partial charge in [0.25, 0.3) is 11.8 Å². The first-order valence-corrected chi connectivity index (χ1v) is 16.8. The minimum absolute atomic E-state index is 0.0637. The lowest BCUT2D eigenvalue weighted by Gasteiger charge is -2.34. The number of hydrogen-bond acceptors (Lipinski definition) is 8. The Kier molecular flexibility index (Phi) is 12.1. The minimum Gasteiger partial charge on any atom is -0.453 e. The second-order valence-corrected chi connectivity index (χ2v) is 13.4. The van der Waals surface area contributed by atoms with E-state index in [1.165, 1.54) is 7.11 Å². The third kappa shape index (κ3) is 10.2. The van der Waals surface area contributed by atoms with E-state index in [1.807, 2.05) is 124 Å². The number of benzene rings is 3. The molecule has 0 saturated heterocycles. The summed E-state index contributed by atoms with van der Waals surface area (Å²) in [5.74, 6) is -0.925. The zero-order chi connectivity index (χ0) is 36.4. The number of aliphatic hydroxyl groups excluding tert-OH is 1. The summed E-state index contributed by atoms with van der Waals surface area (Å²) in [6, 6.07) is 32.3. The summed E-state index contributed by atoms with van der Waals surface area (Å²) in [5, 5.41) is 20.0. The summed E-state index contributed by atoms with van der Waals surface area (Å²) in [4.78, 5) is 48.6. The number of methoxy groups -OCH3 is 1. The second kappa shape index (κ2) is 16.8. The van der Waals surface area contributed by atoms with Crippen LogP contribution in [0.2, 0.25) is 0 Å². The molecular weight excluding hydrogens is 644 g/mol. The van der Waals surface area contributed by atoms with Gasteiger partial charge < -0.3 is 20.5 Å². The van der Waals surface area contributed by atoms with Crippen molar-refractivity contribution >= 4 is 28.8 Å². The van der Waals surface area contributed by atoms with Crippen LogP contribution in [0.3, 0.4) is 0 Å². The molecule has 0 saturated carbocycles. The van der Waals surface area contributed by atoms with Crippen LogP contribution in [0.4, 0.5) is 4.79 Å². The minimum atomic E-state index is -1.15. The molecule has 0 bridgehead atoms. The summed E-state index contributed by atoms with van der Waals surface area (Å²) in [6.45, 7) is 5.63. The smallest absolute Gasteiger partial charge is 0.407 e. The molecule has 5 aromatic rings. The first-order valence-electron chi connectivity index (χ1n) is 16.8. The number of ether oxygens (including phenoxy) is 1. The molecule has 5 rings (SSSR count). The molecule has 0 aliphatic carbocycles. The molecular formula is C40H44N6O5. The van der Waals surface area contributed by atoms with Gasteiger partial charge in [0.1, 0.15) is 11.7 Å². The summed E-state index contributed by atoms with van der Waals surface area (Å²) in [5.41, 5.74) is 6.66. The van der Waals surface area contributed by atoms with Gasteiger partial charge in [0.2, 0.25) is 0 Å². The van der Waals surface area contributed by atoms with Crippen LogP contribution in [-0.4, -0.2) is 69.8 Å². The average molecular weight is 689 g/mol. The lowest BCUT2D eigenvalue weighted by molar-refractivity contribution is -0.131. The van der Waals surface area contributed by atoms with Gasteiger partial charge in [-0.2, -0.15) is 0 Å². The maximum Gasteiger partial charge on any atom is 0.407 e. The van der Waals surface area contributed by atoms with E-state index < -0.39 is 41.5 Å². The molecule has 51 heavy (non-hydrogen) atoms. The molecule has 0 fully saturated rings. The molecule has 3 aromatic carbocycles. The number of fused-ring (bicyclic) bond motifs is 1. The molecule has 3 atom stereocenters. The number of hydrazine groups is 1. The maximum atomic E-state index is 13.8. The zero-order valence-corrected chi connectivity index (χ0v) is 29.2.